The number of hydrogen-bond donors (Lipinski definition) is 1. The first-order valence-electron chi connectivity index (χ1n) is 5.19. The highest BCUT2D eigenvalue weighted by atomic mass is 32.1. The molecule has 0 radical (unpaired) electrons. The lowest BCUT2D eigenvalue weighted by molar-refractivity contribution is 0.467. The van der Waals surface area contributed by atoms with Crippen LogP contribution < -0.4 is 5.73 Å². The molecule has 4 heteroatoms. The molecule has 15 heavy (non-hydrogen) atoms. The summed E-state index contributed by atoms with van der Waals surface area (Å²) in [5.74, 6) is 0. The molecule has 0 aliphatic carbocycles. The zero-order chi connectivity index (χ0) is 11.1. The Morgan fingerprint density at radius 3 is 2.93 bits per heavy atom. The highest BCUT2D eigenvalue weighted by molar-refractivity contribution is 7.15. The van der Waals surface area contributed by atoms with E-state index in [-0.39, 0.29) is 5.41 Å². The first-order chi connectivity index (χ1) is 7.06. The monoisotopic (exact) mass is 223 g/mol. The molecule has 0 aliphatic rings. The van der Waals surface area contributed by atoms with Gasteiger partial charge in [-0.1, -0.05) is 13.8 Å². The number of rotatable bonds is 3. The topological polar surface area (TPSA) is 43.3 Å². The Kier molecular flexibility index (Phi) is 2.56. The van der Waals surface area contributed by atoms with Gasteiger partial charge in [-0.25, -0.2) is 4.98 Å². The summed E-state index contributed by atoms with van der Waals surface area (Å²) in [5.41, 5.74) is 8.18. The number of hydrogen-bond acceptors (Lipinski definition) is 3. The molecule has 2 aromatic rings. The van der Waals surface area contributed by atoms with Crippen molar-refractivity contribution in [2.45, 2.75) is 32.6 Å². The quantitative estimate of drug-likeness (QED) is 0.868. The van der Waals surface area contributed by atoms with E-state index in [0.29, 0.717) is 6.54 Å². The molecule has 0 saturated carbocycles. The van der Waals surface area contributed by atoms with Gasteiger partial charge in [0.1, 0.15) is 0 Å². The number of fused-ring (bicyclic) bond motifs is 1. The minimum absolute atomic E-state index is 0.0966. The van der Waals surface area contributed by atoms with Crippen LogP contribution in [0.5, 0.6) is 0 Å². The van der Waals surface area contributed by atoms with Gasteiger partial charge in [0.25, 0.3) is 0 Å². The minimum atomic E-state index is 0.0966. The van der Waals surface area contributed by atoms with Crippen molar-refractivity contribution in [2.24, 2.45) is 5.73 Å². The largest absolute Gasteiger partial charge is 0.330 e. The molecule has 2 aromatic heterocycles. The van der Waals surface area contributed by atoms with Crippen molar-refractivity contribution in [3.63, 3.8) is 0 Å². The van der Waals surface area contributed by atoms with Gasteiger partial charge in [-0.05, 0) is 19.9 Å². The van der Waals surface area contributed by atoms with E-state index in [1.54, 1.807) is 11.3 Å². The molecular formula is C11H17N3S. The van der Waals surface area contributed by atoms with Crippen LogP contribution >= 0.6 is 11.3 Å². The van der Waals surface area contributed by atoms with E-state index in [2.05, 4.69) is 41.7 Å². The Hall–Kier alpha value is -0.870. The van der Waals surface area contributed by atoms with Crippen LogP contribution in [0.2, 0.25) is 0 Å². The van der Waals surface area contributed by atoms with E-state index in [9.17, 15) is 0 Å². The normalized spacial score (nSPS) is 12.5. The zero-order valence-electron chi connectivity index (χ0n) is 9.45. The molecule has 0 amide bonds. The molecule has 0 fully saturated rings. The molecule has 0 aliphatic heterocycles. The van der Waals surface area contributed by atoms with Crippen molar-refractivity contribution >= 4 is 16.3 Å². The minimum Gasteiger partial charge on any atom is -0.330 e. The third kappa shape index (κ3) is 1.68. The summed E-state index contributed by atoms with van der Waals surface area (Å²) in [4.78, 5) is 5.64. The molecule has 0 atom stereocenters. The Morgan fingerprint density at radius 2 is 2.27 bits per heavy atom. The van der Waals surface area contributed by atoms with Crippen molar-refractivity contribution in [2.75, 3.05) is 6.54 Å². The molecule has 0 bridgehead atoms. The van der Waals surface area contributed by atoms with Crippen LogP contribution in [0.1, 0.15) is 31.7 Å². The molecule has 2 heterocycles. The molecule has 0 aromatic carbocycles. The Labute approximate surface area is 93.9 Å². The SMILES string of the molecule is Cc1nc2sccn2c1C(C)(C)CCN. The van der Waals surface area contributed by atoms with E-state index in [4.69, 9.17) is 5.73 Å². The summed E-state index contributed by atoms with van der Waals surface area (Å²) < 4.78 is 2.19. The van der Waals surface area contributed by atoms with E-state index >= 15 is 0 Å². The molecule has 3 nitrogen and oxygen atoms in total. The van der Waals surface area contributed by atoms with Crippen molar-refractivity contribution in [3.8, 4) is 0 Å². The molecule has 0 spiro atoms. The highest BCUT2D eigenvalue weighted by Crippen LogP contribution is 2.31. The van der Waals surface area contributed by atoms with Crippen molar-refractivity contribution < 1.29 is 0 Å². The number of aryl methyl sites for hydroxylation is 1. The van der Waals surface area contributed by atoms with Gasteiger partial charge in [0.05, 0.1) is 11.4 Å². The lowest BCUT2D eigenvalue weighted by Crippen LogP contribution is -2.24. The average molecular weight is 223 g/mol. The Balaban J connectivity index is 2.58. The molecule has 82 valence electrons. The third-order valence-corrected chi connectivity index (χ3v) is 3.60. The fraction of sp³-hybridized carbons (Fsp3) is 0.545. The molecular weight excluding hydrogens is 206 g/mol. The number of imidazole rings is 1. The standard InChI is InChI=1S/C11H17N3S/c1-8-9(11(2,3)4-5-12)14-6-7-15-10(14)13-8/h6-7H,4-5,12H2,1-3H3. The second kappa shape index (κ2) is 3.61. The highest BCUT2D eigenvalue weighted by Gasteiger charge is 2.26. The van der Waals surface area contributed by atoms with Crippen molar-refractivity contribution in [1.29, 1.82) is 0 Å². The molecule has 2 rings (SSSR count). The maximum absolute atomic E-state index is 5.66. The molecule has 0 saturated heterocycles. The van der Waals surface area contributed by atoms with Crippen LogP contribution in [0.25, 0.3) is 4.96 Å². The van der Waals surface area contributed by atoms with Crippen molar-refractivity contribution in [1.82, 2.24) is 9.38 Å². The number of aromatic nitrogens is 2. The van der Waals surface area contributed by atoms with Crippen LogP contribution in [0.3, 0.4) is 0 Å². The van der Waals surface area contributed by atoms with Gasteiger partial charge in [0.2, 0.25) is 0 Å². The van der Waals surface area contributed by atoms with Crippen LogP contribution in [0, 0.1) is 6.92 Å². The van der Waals surface area contributed by atoms with Crippen LogP contribution in [0.4, 0.5) is 0 Å². The summed E-state index contributed by atoms with van der Waals surface area (Å²) >= 11 is 1.68. The third-order valence-electron chi connectivity index (χ3n) is 2.85. The summed E-state index contributed by atoms with van der Waals surface area (Å²) in [6.45, 7) is 7.25. The maximum Gasteiger partial charge on any atom is 0.194 e. The van der Waals surface area contributed by atoms with Gasteiger partial charge in [-0.15, -0.1) is 11.3 Å². The maximum atomic E-state index is 5.66. The predicted octanol–water partition coefficient (Wildman–Crippen LogP) is 2.33. The fourth-order valence-electron chi connectivity index (χ4n) is 2.19. The predicted molar refractivity (Wildman–Crippen MR) is 64.5 cm³/mol. The second-order valence-electron chi connectivity index (χ2n) is 4.52. The van der Waals surface area contributed by atoms with Gasteiger partial charge in [-0.2, -0.15) is 0 Å². The summed E-state index contributed by atoms with van der Waals surface area (Å²) in [7, 11) is 0. The summed E-state index contributed by atoms with van der Waals surface area (Å²) in [5, 5.41) is 2.07. The second-order valence-corrected chi connectivity index (χ2v) is 5.40. The molecule has 2 N–H and O–H groups in total. The van der Waals surface area contributed by atoms with Gasteiger partial charge in [0.15, 0.2) is 4.96 Å². The van der Waals surface area contributed by atoms with E-state index in [0.717, 1.165) is 17.1 Å². The van der Waals surface area contributed by atoms with E-state index in [1.807, 2.05) is 0 Å². The van der Waals surface area contributed by atoms with Crippen LogP contribution in [-0.4, -0.2) is 15.9 Å². The van der Waals surface area contributed by atoms with Crippen molar-refractivity contribution in [3.05, 3.63) is 23.0 Å². The fourth-order valence-corrected chi connectivity index (χ4v) is 2.95. The first kappa shape index (κ1) is 10.6. The average Bonchev–Trinajstić information content (AvgIpc) is 2.61. The first-order valence-corrected chi connectivity index (χ1v) is 6.07. The molecule has 0 unspecified atom stereocenters. The lowest BCUT2D eigenvalue weighted by Gasteiger charge is -2.24. The smallest absolute Gasteiger partial charge is 0.194 e. The van der Waals surface area contributed by atoms with E-state index < -0.39 is 0 Å². The number of nitrogens with two attached hydrogens (primary N) is 1. The summed E-state index contributed by atoms with van der Waals surface area (Å²) in [6, 6.07) is 0. The van der Waals surface area contributed by atoms with Crippen LogP contribution in [0.15, 0.2) is 11.6 Å². The van der Waals surface area contributed by atoms with Gasteiger partial charge >= 0.3 is 0 Å². The van der Waals surface area contributed by atoms with Gasteiger partial charge in [0, 0.05) is 17.0 Å². The lowest BCUT2D eigenvalue weighted by atomic mass is 9.84. The van der Waals surface area contributed by atoms with E-state index in [1.165, 1.54) is 5.69 Å². The number of nitrogens with zero attached hydrogens (tertiary/aromatic N) is 2. The van der Waals surface area contributed by atoms with Gasteiger partial charge < -0.3 is 5.73 Å². The Bertz CT molecular complexity index is 467. The Morgan fingerprint density at radius 1 is 1.53 bits per heavy atom. The van der Waals surface area contributed by atoms with Gasteiger partial charge in [-0.3, -0.25) is 4.40 Å². The zero-order valence-corrected chi connectivity index (χ0v) is 10.3. The number of thiazole rings is 1. The summed E-state index contributed by atoms with van der Waals surface area (Å²) in [6.07, 6.45) is 3.07. The van der Waals surface area contributed by atoms with Crippen LogP contribution in [-0.2, 0) is 5.41 Å².